The Balaban J connectivity index is 1.54. The summed E-state index contributed by atoms with van der Waals surface area (Å²) in [5, 5.41) is 17.7. The Labute approximate surface area is 153 Å². The molecular formula is C16H29N3O5S. The summed E-state index contributed by atoms with van der Waals surface area (Å²) >= 11 is 1.65. The van der Waals surface area contributed by atoms with Gasteiger partial charge >= 0.3 is 0 Å². The number of hydrogen-bond acceptors (Lipinski definition) is 8. The fraction of sp³-hybridized carbons (Fsp3) is 0.875. The van der Waals surface area contributed by atoms with Crippen molar-refractivity contribution in [3.8, 4) is 0 Å². The van der Waals surface area contributed by atoms with Crippen LogP contribution in [0.3, 0.4) is 0 Å². The molecule has 0 saturated carbocycles. The smallest absolute Gasteiger partial charge is 0.123 e. The first-order chi connectivity index (χ1) is 12.3. The fourth-order valence-electron chi connectivity index (χ4n) is 2.29. The lowest BCUT2D eigenvalue weighted by Crippen LogP contribution is -2.29. The third-order valence-corrected chi connectivity index (χ3v) is 4.91. The summed E-state index contributed by atoms with van der Waals surface area (Å²) in [6.45, 7) is 7.03. The molecule has 1 aliphatic rings. The molecule has 1 N–H and O–H groups in total. The molecule has 2 atom stereocenters. The van der Waals surface area contributed by atoms with Crippen LogP contribution < -0.4 is 0 Å². The molecule has 1 aromatic heterocycles. The van der Waals surface area contributed by atoms with Gasteiger partial charge < -0.3 is 24.1 Å². The van der Waals surface area contributed by atoms with Crippen LogP contribution in [0.25, 0.3) is 0 Å². The van der Waals surface area contributed by atoms with Crippen LogP contribution in [0, 0.1) is 0 Å². The highest BCUT2D eigenvalue weighted by Crippen LogP contribution is 2.27. The van der Waals surface area contributed by atoms with Crippen LogP contribution in [0.5, 0.6) is 0 Å². The number of nitrogens with zero attached hydrogens (tertiary/aromatic N) is 3. The highest BCUT2D eigenvalue weighted by molar-refractivity contribution is 8.00. The summed E-state index contributed by atoms with van der Waals surface area (Å²) in [5.74, 6) is 0. The van der Waals surface area contributed by atoms with Crippen LogP contribution in [-0.2, 0) is 32.1 Å². The monoisotopic (exact) mass is 375 g/mol. The van der Waals surface area contributed by atoms with Gasteiger partial charge in [0.15, 0.2) is 0 Å². The second kappa shape index (κ2) is 12.6. The lowest BCUT2D eigenvalue weighted by atomic mass is 10.3. The van der Waals surface area contributed by atoms with Crippen LogP contribution >= 0.6 is 11.8 Å². The van der Waals surface area contributed by atoms with Gasteiger partial charge in [0, 0.05) is 18.5 Å². The van der Waals surface area contributed by atoms with E-state index in [1.54, 1.807) is 16.4 Å². The second-order valence-corrected chi connectivity index (χ2v) is 7.20. The van der Waals surface area contributed by atoms with Crippen molar-refractivity contribution < 1.29 is 24.1 Å². The molecule has 1 aliphatic heterocycles. The highest BCUT2D eigenvalue weighted by Gasteiger charge is 2.23. The van der Waals surface area contributed by atoms with Gasteiger partial charge in [0.05, 0.1) is 52.4 Å². The molecule has 1 fully saturated rings. The van der Waals surface area contributed by atoms with E-state index >= 15 is 0 Å². The third kappa shape index (κ3) is 8.48. The predicted octanol–water partition coefficient (Wildman–Crippen LogP) is 1.08. The van der Waals surface area contributed by atoms with Crippen molar-refractivity contribution in [2.24, 2.45) is 0 Å². The lowest BCUT2D eigenvalue weighted by Gasteiger charge is -2.27. The van der Waals surface area contributed by atoms with E-state index < -0.39 is 0 Å². The van der Waals surface area contributed by atoms with Gasteiger partial charge in [-0.1, -0.05) is 12.1 Å². The van der Waals surface area contributed by atoms with E-state index in [0.29, 0.717) is 46.2 Å². The zero-order chi connectivity index (χ0) is 17.7. The largest absolute Gasteiger partial charge is 0.395 e. The maximum atomic E-state index is 9.25. The summed E-state index contributed by atoms with van der Waals surface area (Å²) in [5.41, 5.74) is 0.787. The molecule has 9 heteroatoms. The topological polar surface area (TPSA) is 87.9 Å². The Morgan fingerprint density at radius 3 is 2.76 bits per heavy atom. The predicted molar refractivity (Wildman–Crippen MR) is 94.4 cm³/mol. The summed E-state index contributed by atoms with van der Waals surface area (Å²) < 4.78 is 23.7. The Bertz CT molecular complexity index is 463. The Kier molecular flexibility index (Phi) is 10.4. The van der Waals surface area contributed by atoms with Crippen molar-refractivity contribution in [3.63, 3.8) is 0 Å². The summed E-state index contributed by atoms with van der Waals surface area (Å²) in [7, 11) is 0. The van der Waals surface area contributed by atoms with Crippen LogP contribution in [0.1, 0.15) is 25.5 Å². The van der Waals surface area contributed by atoms with E-state index in [2.05, 4.69) is 17.2 Å². The van der Waals surface area contributed by atoms with Crippen molar-refractivity contribution in [3.05, 3.63) is 11.9 Å². The van der Waals surface area contributed by atoms with Gasteiger partial charge in [0.2, 0.25) is 0 Å². The van der Waals surface area contributed by atoms with Gasteiger partial charge in [-0.15, -0.1) is 16.9 Å². The maximum Gasteiger partial charge on any atom is 0.123 e. The Morgan fingerprint density at radius 1 is 1.24 bits per heavy atom. The van der Waals surface area contributed by atoms with Crippen molar-refractivity contribution in [1.82, 2.24) is 15.0 Å². The third-order valence-electron chi connectivity index (χ3n) is 3.56. The first kappa shape index (κ1) is 20.6. The summed E-state index contributed by atoms with van der Waals surface area (Å²) in [4.78, 5) is 0. The van der Waals surface area contributed by atoms with Gasteiger partial charge in [0.25, 0.3) is 0 Å². The molecular weight excluding hydrogens is 346 g/mol. The van der Waals surface area contributed by atoms with E-state index in [0.717, 1.165) is 25.1 Å². The number of aromatic nitrogens is 3. The molecule has 144 valence electrons. The molecule has 1 aromatic rings. The SMILES string of the molecule is CCCOCCOCCOCc1cn(CC2OCCC(CO)S2)nn1. The highest BCUT2D eigenvalue weighted by atomic mass is 32.2. The Morgan fingerprint density at radius 2 is 2.00 bits per heavy atom. The quantitative estimate of drug-likeness (QED) is 0.513. The van der Waals surface area contributed by atoms with Crippen LogP contribution in [0.4, 0.5) is 0 Å². The molecule has 0 bridgehead atoms. The van der Waals surface area contributed by atoms with Crippen LogP contribution in [-0.4, -0.2) is 77.0 Å². The zero-order valence-corrected chi connectivity index (χ0v) is 15.7. The number of rotatable bonds is 13. The number of aliphatic hydroxyl groups excluding tert-OH is 1. The van der Waals surface area contributed by atoms with Gasteiger partial charge in [-0.3, -0.25) is 0 Å². The minimum absolute atomic E-state index is 0.00435. The molecule has 0 aliphatic carbocycles. The van der Waals surface area contributed by atoms with Crippen molar-refractivity contribution in [1.29, 1.82) is 0 Å². The molecule has 0 amide bonds. The number of thioether (sulfide) groups is 1. The van der Waals surface area contributed by atoms with Crippen molar-refractivity contribution in [2.45, 2.75) is 43.6 Å². The molecule has 0 spiro atoms. The fourth-order valence-corrected chi connectivity index (χ4v) is 3.45. The lowest BCUT2D eigenvalue weighted by molar-refractivity contribution is 0.0102. The summed E-state index contributed by atoms with van der Waals surface area (Å²) in [6.07, 6.45) is 3.78. The molecule has 25 heavy (non-hydrogen) atoms. The number of aliphatic hydroxyl groups is 1. The normalized spacial score (nSPS) is 20.9. The molecule has 2 unspecified atom stereocenters. The second-order valence-electron chi connectivity index (χ2n) is 5.74. The van der Waals surface area contributed by atoms with E-state index in [4.69, 9.17) is 18.9 Å². The van der Waals surface area contributed by atoms with Crippen LogP contribution in [0.15, 0.2) is 6.20 Å². The molecule has 8 nitrogen and oxygen atoms in total. The average Bonchev–Trinajstić information content (AvgIpc) is 3.07. The minimum atomic E-state index is 0.00435. The summed E-state index contributed by atoms with van der Waals surface area (Å²) in [6, 6.07) is 0. The average molecular weight is 375 g/mol. The molecule has 2 heterocycles. The standard InChI is InChI=1S/C16H29N3O5S/c1-2-4-21-6-7-22-8-9-23-13-14-10-19(18-17-14)11-16-24-5-3-15(12-20)25-16/h10,15-16,20H,2-9,11-13H2,1H3. The van der Waals surface area contributed by atoms with Gasteiger partial charge in [0.1, 0.15) is 11.1 Å². The Hall–Kier alpha value is -0.710. The van der Waals surface area contributed by atoms with Gasteiger partial charge in [-0.2, -0.15) is 0 Å². The van der Waals surface area contributed by atoms with Crippen LogP contribution in [0.2, 0.25) is 0 Å². The van der Waals surface area contributed by atoms with E-state index in [1.165, 1.54) is 0 Å². The van der Waals surface area contributed by atoms with Crippen molar-refractivity contribution in [2.75, 3.05) is 46.2 Å². The van der Waals surface area contributed by atoms with E-state index in [9.17, 15) is 5.11 Å². The van der Waals surface area contributed by atoms with Gasteiger partial charge in [-0.05, 0) is 12.8 Å². The first-order valence-corrected chi connectivity index (χ1v) is 9.76. The first-order valence-electron chi connectivity index (χ1n) is 8.82. The van der Waals surface area contributed by atoms with E-state index in [1.807, 2.05) is 6.20 Å². The van der Waals surface area contributed by atoms with E-state index in [-0.39, 0.29) is 17.3 Å². The minimum Gasteiger partial charge on any atom is -0.395 e. The van der Waals surface area contributed by atoms with Crippen molar-refractivity contribution >= 4 is 11.8 Å². The van der Waals surface area contributed by atoms with Gasteiger partial charge in [-0.25, -0.2) is 4.68 Å². The molecule has 0 radical (unpaired) electrons. The number of hydrogen-bond donors (Lipinski definition) is 1. The molecule has 2 rings (SSSR count). The zero-order valence-electron chi connectivity index (χ0n) is 14.8. The maximum absolute atomic E-state index is 9.25. The molecule has 1 saturated heterocycles. The molecule has 0 aromatic carbocycles. The number of ether oxygens (including phenoxy) is 4.